The Morgan fingerprint density at radius 3 is 1.75 bits per heavy atom. The van der Waals surface area contributed by atoms with Gasteiger partial charge in [-0.15, -0.1) is 13.2 Å². The Labute approximate surface area is 247 Å². The van der Waals surface area contributed by atoms with Gasteiger partial charge in [0.2, 0.25) is 0 Å². The zero-order valence-electron chi connectivity index (χ0n) is 23.2. The van der Waals surface area contributed by atoms with Gasteiger partial charge in [-0.1, -0.05) is 42.0 Å². The number of aryl methyl sites for hydroxylation is 1. The predicted molar refractivity (Wildman–Crippen MR) is 152 cm³/mol. The third-order valence-corrected chi connectivity index (χ3v) is 5.83. The van der Waals surface area contributed by atoms with E-state index in [1.165, 1.54) is 12.4 Å². The predicted octanol–water partition coefficient (Wildman–Crippen LogP) is 10.0. The molecule has 0 amide bonds. The number of hydrogen-bond acceptors (Lipinski definition) is 4. The van der Waals surface area contributed by atoms with Crippen LogP contribution in [-0.2, 0) is 6.11 Å². The van der Waals surface area contributed by atoms with Gasteiger partial charge in [-0.25, -0.2) is 13.2 Å². The van der Waals surface area contributed by atoms with Crippen LogP contribution in [0.3, 0.4) is 0 Å². The van der Waals surface area contributed by atoms with E-state index in [2.05, 4.69) is 21.2 Å². The Morgan fingerprint density at radius 2 is 1.27 bits per heavy atom. The van der Waals surface area contributed by atoms with Crippen molar-refractivity contribution < 1.29 is 44.6 Å². The summed E-state index contributed by atoms with van der Waals surface area (Å²) < 4.78 is 118. The number of ether oxygens (including phenoxy) is 2. The van der Waals surface area contributed by atoms with Gasteiger partial charge in [-0.3, -0.25) is 4.99 Å². The van der Waals surface area contributed by atoms with E-state index in [0.717, 1.165) is 59.7 Å². The summed E-state index contributed by atoms with van der Waals surface area (Å²) in [6.45, 7) is 6.82. The molecule has 0 heterocycles. The number of hydrogen-bond donors (Lipinski definition) is 1. The first-order valence-corrected chi connectivity index (χ1v) is 12.6. The molecular weight excluding hydrogens is 596 g/mol. The Hall–Kier alpha value is -5.00. The molecule has 4 aromatic carbocycles. The summed E-state index contributed by atoms with van der Waals surface area (Å²) >= 11 is 0. The van der Waals surface area contributed by atoms with Crippen LogP contribution < -0.4 is 9.47 Å². The number of allylic oxidation sites excluding steroid dienone is 1. The van der Waals surface area contributed by atoms with Crippen LogP contribution in [0.15, 0.2) is 95.6 Å². The summed E-state index contributed by atoms with van der Waals surface area (Å²) in [5.41, 5.74) is 0.490. The minimum atomic E-state index is -4.91. The third kappa shape index (κ3) is 9.00. The van der Waals surface area contributed by atoms with Crippen LogP contribution >= 0.6 is 0 Å². The van der Waals surface area contributed by atoms with Crippen molar-refractivity contribution in [2.45, 2.75) is 26.3 Å². The van der Waals surface area contributed by atoms with Gasteiger partial charge in [0.25, 0.3) is 0 Å². The molecule has 0 saturated heterocycles. The minimum Gasteiger partial charge on any atom is -0.429 e. The Kier molecular flexibility index (Phi) is 10.6. The van der Waals surface area contributed by atoms with Gasteiger partial charge in [0.15, 0.2) is 0 Å². The van der Waals surface area contributed by atoms with Gasteiger partial charge in [-0.05, 0) is 79.2 Å². The molecule has 0 radical (unpaired) electrons. The van der Waals surface area contributed by atoms with Gasteiger partial charge in [0.05, 0.1) is 0 Å². The normalized spacial score (nSPS) is 11.7. The number of halogens is 8. The molecular formula is C32H24F8N2O2. The molecule has 230 valence electrons. The molecule has 0 bridgehead atoms. The Balaban J connectivity index is 0.000000676. The summed E-state index contributed by atoms with van der Waals surface area (Å²) in [4.78, 5) is 3.44. The zero-order chi connectivity index (χ0) is 32.7. The van der Waals surface area contributed by atoms with Crippen LogP contribution in [0, 0.1) is 29.8 Å². The van der Waals surface area contributed by atoms with Crippen LogP contribution in [0.1, 0.15) is 18.1 Å². The molecule has 0 aromatic heterocycles. The van der Waals surface area contributed by atoms with Gasteiger partial charge >= 0.3 is 12.5 Å². The van der Waals surface area contributed by atoms with Crippen LogP contribution in [0.4, 0.5) is 35.1 Å². The second kappa shape index (κ2) is 14.0. The second-order valence-corrected chi connectivity index (χ2v) is 9.21. The number of rotatable bonds is 8. The molecule has 0 atom stereocenters. The molecule has 1 N–H and O–H groups in total. The van der Waals surface area contributed by atoms with Crippen molar-refractivity contribution in [1.29, 1.82) is 5.41 Å². The fraction of sp³-hybridized carbons (Fsp3) is 0.125. The Morgan fingerprint density at radius 1 is 0.727 bits per heavy atom. The largest absolute Gasteiger partial charge is 0.573 e. The van der Waals surface area contributed by atoms with E-state index in [0.29, 0.717) is 11.6 Å². The lowest BCUT2D eigenvalue weighted by Gasteiger charge is -2.20. The highest BCUT2D eigenvalue weighted by molar-refractivity contribution is 5.74. The highest BCUT2D eigenvalue weighted by atomic mass is 19.4. The zero-order valence-corrected chi connectivity index (χ0v) is 23.2. The van der Waals surface area contributed by atoms with E-state index in [9.17, 15) is 35.1 Å². The number of nitrogens with one attached hydrogen (secondary N) is 1. The van der Waals surface area contributed by atoms with Gasteiger partial charge in [0, 0.05) is 24.0 Å². The highest BCUT2D eigenvalue weighted by Crippen LogP contribution is 2.38. The maximum Gasteiger partial charge on any atom is 0.573 e. The maximum atomic E-state index is 14.8. The van der Waals surface area contributed by atoms with E-state index in [1.807, 2.05) is 6.92 Å². The highest BCUT2D eigenvalue weighted by Gasteiger charge is 2.41. The average molecular weight is 621 g/mol. The third-order valence-electron chi connectivity index (χ3n) is 5.83. The van der Waals surface area contributed by atoms with Crippen LogP contribution in [0.5, 0.6) is 11.5 Å². The maximum absolute atomic E-state index is 14.8. The molecule has 0 fully saturated rings. The van der Waals surface area contributed by atoms with Crippen LogP contribution in [0.25, 0.3) is 22.3 Å². The molecule has 4 rings (SSSR count). The van der Waals surface area contributed by atoms with Crippen molar-refractivity contribution in [3.05, 3.63) is 119 Å². The molecule has 0 aliphatic rings. The summed E-state index contributed by atoms with van der Waals surface area (Å²) in [5, 5.41) is 6.63. The van der Waals surface area contributed by atoms with Crippen molar-refractivity contribution in [3.8, 4) is 33.8 Å². The number of nitrogens with zero attached hydrogens (tertiary/aromatic N) is 1. The topological polar surface area (TPSA) is 54.7 Å². The molecule has 44 heavy (non-hydrogen) atoms. The number of alkyl halides is 5. The lowest BCUT2D eigenvalue weighted by atomic mass is 10.0. The van der Waals surface area contributed by atoms with Crippen molar-refractivity contribution in [2.24, 2.45) is 4.99 Å². The summed E-state index contributed by atoms with van der Waals surface area (Å²) in [6.07, 6.45) is -6.64. The monoisotopic (exact) mass is 620 g/mol. The van der Waals surface area contributed by atoms with Gasteiger partial charge in [0.1, 0.15) is 34.5 Å². The van der Waals surface area contributed by atoms with Crippen molar-refractivity contribution in [2.75, 3.05) is 0 Å². The first-order valence-electron chi connectivity index (χ1n) is 12.6. The quantitative estimate of drug-likeness (QED) is 0.157. The molecule has 4 nitrogen and oxygen atoms in total. The standard InChI is InChI=1S/C27H16F8O2.C5H8N2/c1-15-2-4-16(5-3-15)18-12-23(29)25(24(30)13-18)26(31,32)36-20-10-11-21(22(28)14-20)17-6-8-19(9-7-17)37-27(33,34)35;1-5(3-6)4-7-2/h2-14H,1H3;3-4,6H,2H2,1H3/b;5-4-,6-3?. The van der Waals surface area contributed by atoms with E-state index in [-0.39, 0.29) is 16.7 Å². The number of benzene rings is 4. The van der Waals surface area contributed by atoms with Crippen molar-refractivity contribution in [3.63, 3.8) is 0 Å². The summed E-state index contributed by atoms with van der Waals surface area (Å²) in [7, 11) is 0. The first-order chi connectivity index (χ1) is 20.6. The minimum absolute atomic E-state index is 0.0385. The second-order valence-electron chi connectivity index (χ2n) is 9.21. The lowest BCUT2D eigenvalue weighted by Crippen LogP contribution is -2.25. The number of aliphatic imine (C=N–C) groups is 1. The summed E-state index contributed by atoms with van der Waals surface area (Å²) in [6, 6.07) is 14.8. The molecule has 12 heteroatoms. The van der Waals surface area contributed by atoms with Gasteiger partial charge in [-0.2, -0.15) is 8.78 Å². The van der Waals surface area contributed by atoms with E-state index in [1.54, 1.807) is 31.2 Å². The lowest BCUT2D eigenvalue weighted by molar-refractivity contribution is -0.274. The van der Waals surface area contributed by atoms with Crippen molar-refractivity contribution >= 4 is 12.9 Å². The average Bonchev–Trinajstić information content (AvgIpc) is 2.93. The fourth-order valence-corrected chi connectivity index (χ4v) is 3.77. The molecule has 0 saturated carbocycles. The van der Waals surface area contributed by atoms with E-state index >= 15 is 0 Å². The van der Waals surface area contributed by atoms with E-state index < -0.39 is 47.0 Å². The van der Waals surface area contributed by atoms with Crippen LogP contribution in [0.2, 0.25) is 0 Å². The molecule has 0 unspecified atom stereocenters. The Bertz CT molecular complexity index is 1630. The summed E-state index contributed by atoms with van der Waals surface area (Å²) in [5.74, 6) is -5.44. The SMILES string of the molecule is C=N/C=C(/C)C=N.Cc1ccc(-c2cc(F)c(C(F)(F)Oc3ccc(-c4ccc(OC(F)(F)F)cc4)c(F)c3)c(F)c2)cc1. The molecule has 0 aliphatic carbocycles. The molecule has 0 spiro atoms. The van der Waals surface area contributed by atoms with Crippen LogP contribution in [-0.4, -0.2) is 19.3 Å². The van der Waals surface area contributed by atoms with E-state index in [4.69, 9.17) is 5.41 Å². The van der Waals surface area contributed by atoms with Crippen molar-refractivity contribution in [1.82, 2.24) is 0 Å². The fourth-order valence-electron chi connectivity index (χ4n) is 3.77. The smallest absolute Gasteiger partial charge is 0.429 e. The van der Waals surface area contributed by atoms with Gasteiger partial charge < -0.3 is 14.9 Å². The molecule has 4 aromatic rings. The first kappa shape index (κ1) is 33.5. The molecule has 0 aliphatic heterocycles.